The number of hydrogen-bond donors (Lipinski definition) is 1. The lowest BCUT2D eigenvalue weighted by molar-refractivity contribution is -0.385. The van der Waals surface area contributed by atoms with Crippen molar-refractivity contribution in [1.29, 1.82) is 0 Å². The molecule has 0 aromatic heterocycles. The van der Waals surface area contributed by atoms with Crippen molar-refractivity contribution in [2.24, 2.45) is 17.6 Å². The second-order valence-corrected chi connectivity index (χ2v) is 5.66. The molecule has 1 heterocycles. The molecule has 1 aliphatic heterocycles. The van der Waals surface area contributed by atoms with Crippen molar-refractivity contribution in [3.8, 4) is 0 Å². The second-order valence-electron chi connectivity index (χ2n) is 5.66. The average Bonchev–Trinajstić information content (AvgIpc) is 2.48. The molecule has 6 nitrogen and oxygen atoms in total. The van der Waals surface area contributed by atoms with Gasteiger partial charge in [-0.1, -0.05) is 25.1 Å². The number of nitro groups is 1. The van der Waals surface area contributed by atoms with Gasteiger partial charge >= 0.3 is 0 Å². The highest BCUT2D eigenvalue weighted by Crippen LogP contribution is 2.24. The topological polar surface area (TPSA) is 89.5 Å². The number of nitrogens with two attached hydrogens (primary N) is 1. The van der Waals surface area contributed by atoms with Gasteiger partial charge in [0, 0.05) is 24.7 Å². The fourth-order valence-electron chi connectivity index (χ4n) is 2.80. The van der Waals surface area contributed by atoms with Gasteiger partial charge in [-0.15, -0.1) is 0 Å². The number of para-hydroxylation sites is 1. The molecule has 1 fully saturated rings. The molecule has 1 aliphatic rings. The van der Waals surface area contributed by atoms with Crippen LogP contribution in [-0.4, -0.2) is 35.4 Å². The number of carbonyl (C=O) groups is 1. The SMILES string of the molecule is CC1CCN(C(=O)Cc2ccccc2[N+](=O)[O-])CC1CN. The fourth-order valence-corrected chi connectivity index (χ4v) is 2.80. The third-order valence-electron chi connectivity index (χ3n) is 4.30. The van der Waals surface area contributed by atoms with Crippen LogP contribution in [0, 0.1) is 22.0 Å². The van der Waals surface area contributed by atoms with Crippen LogP contribution in [0.1, 0.15) is 18.9 Å². The Bertz CT molecular complexity index is 533. The molecule has 2 N–H and O–H groups in total. The largest absolute Gasteiger partial charge is 0.342 e. The molecular weight excluding hydrogens is 270 g/mol. The van der Waals surface area contributed by atoms with Crippen LogP contribution in [-0.2, 0) is 11.2 Å². The summed E-state index contributed by atoms with van der Waals surface area (Å²) in [6.45, 7) is 4.08. The van der Waals surface area contributed by atoms with Crippen molar-refractivity contribution in [3.05, 3.63) is 39.9 Å². The molecule has 1 amide bonds. The molecule has 114 valence electrons. The van der Waals surface area contributed by atoms with Crippen LogP contribution in [0.25, 0.3) is 0 Å². The first-order valence-corrected chi connectivity index (χ1v) is 7.23. The van der Waals surface area contributed by atoms with Crippen LogP contribution < -0.4 is 5.73 Å². The Morgan fingerprint density at radius 2 is 2.19 bits per heavy atom. The third-order valence-corrected chi connectivity index (χ3v) is 4.30. The van der Waals surface area contributed by atoms with E-state index in [2.05, 4.69) is 6.92 Å². The Balaban J connectivity index is 2.07. The number of nitrogens with zero attached hydrogens (tertiary/aromatic N) is 2. The van der Waals surface area contributed by atoms with Crippen LogP contribution in [0.5, 0.6) is 0 Å². The van der Waals surface area contributed by atoms with Crippen LogP contribution in [0.15, 0.2) is 24.3 Å². The van der Waals surface area contributed by atoms with E-state index in [4.69, 9.17) is 5.73 Å². The molecule has 0 bridgehead atoms. The van der Waals surface area contributed by atoms with Crippen molar-refractivity contribution < 1.29 is 9.72 Å². The molecule has 0 aliphatic carbocycles. The highest BCUT2D eigenvalue weighted by Gasteiger charge is 2.28. The molecular formula is C15H21N3O3. The van der Waals surface area contributed by atoms with Crippen LogP contribution in [0.3, 0.4) is 0 Å². The minimum absolute atomic E-state index is 0.00611. The summed E-state index contributed by atoms with van der Waals surface area (Å²) in [5, 5.41) is 11.0. The zero-order chi connectivity index (χ0) is 15.4. The lowest BCUT2D eigenvalue weighted by Crippen LogP contribution is -2.46. The molecule has 2 rings (SSSR count). The van der Waals surface area contributed by atoms with Crippen LogP contribution >= 0.6 is 0 Å². The fraction of sp³-hybridized carbons (Fsp3) is 0.533. The van der Waals surface area contributed by atoms with Crippen molar-refractivity contribution in [2.45, 2.75) is 19.8 Å². The average molecular weight is 291 g/mol. The molecule has 21 heavy (non-hydrogen) atoms. The molecule has 1 aromatic rings. The second kappa shape index (κ2) is 6.67. The summed E-state index contributed by atoms with van der Waals surface area (Å²) in [5.74, 6) is 0.772. The highest BCUT2D eigenvalue weighted by atomic mass is 16.6. The summed E-state index contributed by atoms with van der Waals surface area (Å²) in [5.41, 5.74) is 6.22. The highest BCUT2D eigenvalue weighted by molar-refractivity contribution is 5.80. The van der Waals surface area contributed by atoms with Crippen molar-refractivity contribution in [1.82, 2.24) is 4.90 Å². The lowest BCUT2D eigenvalue weighted by atomic mass is 9.87. The molecule has 0 spiro atoms. The summed E-state index contributed by atoms with van der Waals surface area (Å²) >= 11 is 0. The minimum atomic E-state index is -0.441. The van der Waals surface area contributed by atoms with E-state index in [-0.39, 0.29) is 18.0 Å². The Morgan fingerprint density at radius 1 is 1.48 bits per heavy atom. The van der Waals surface area contributed by atoms with E-state index >= 15 is 0 Å². The van der Waals surface area contributed by atoms with E-state index in [0.29, 0.717) is 37.0 Å². The first-order valence-electron chi connectivity index (χ1n) is 7.23. The van der Waals surface area contributed by atoms with Gasteiger partial charge < -0.3 is 10.6 Å². The number of piperidine rings is 1. The van der Waals surface area contributed by atoms with Crippen molar-refractivity contribution >= 4 is 11.6 Å². The molecule has 2 atom stereocenters. The van der Waals surface area contributed by atoms with Crippen molar-refractivity contribution in [2.75, 3.05) is 19.6 Å². The zero-order valence-electron chi connectivity index (χ0n) is 12.2. The molecule has 0 radical (unpaired) electrons. The van der Waals surface area contributed by atoms with E-state index in [9.17, 15) is 14.9 Å². The van der Waals surface area contributed by atoms with Gasteiger partial charge in [0.15, 0.2) is 0 Å². The van der Waals surface area contributed by atoms with E-state index in [1.165, 1.54) is 6.07 Å². The zero-order valence-corrected chi connectivity index (χ0v) is 12.2. The van der Waals surface area contributed by atoms with Gasteiger partial charge in [0.05, 0.1) is 11.3 Å². The number of nitro benzene ring substituents is 1. The first kappa shape index (κ1) is 15.4. The van der Waals surface area contributed by atoms with E-state index < -0.39 is 4.92 Å². The van der Waals surface area contributed by atoms with Gasteiger partial charge in [-0.3, -0.25) is 14.9 Å². The van der Waals surface area contributed by atoms with Crippen LogP contribution in [0.4, 0.5) is 5.69 Å². The Kier molecular flexibility index (Phi) is 4.90. The maximum absolute atomic E-state index is 12.4. The summed E-state index contributed by atoms with van der Waals surface area (Å²) in [6, 6.07) is 6.41. The number of hydrogen-bond acceptors (Lipinski definition) is 4. The van der Waals surface area contributed by atoms with Gasteiger partial charge in [-0.05, 0) is 24.8 Å². The first-order chi connectivity index (χ1) is 10.0. The predicted molar refractivity (Wildman–Crippen MR) is 79.7 cm³/mol. The summed E-state index contributed by atoms with van der Waals surface area (Å²) in [4.78, 5) is 24.7. The third kappa shape index (κ3) is 3.58. The molecule has 0 saturated carbocycles. The summed E-state index contributed by atoms with van der Waals surface area (Å²) < 4.78 is 0. The number of carbonyl (C=O) groups excluding carboxylic acids is 1. The van der Waals surface area contributed by atoms with Gasteiger partial charge in [0.1, 0.15) is 0 Å². The standard InChI is InChI=1S/C15H21N3O3/c1-11-6-7-17(10-13(11)9-16)15(19)8-12-4-2-3-5-14(12)18(20)21/h2-5,11,13H,6-10,16H2,1H3. The van der Waals surface area contributed by atoms with Gasteiger partial charge in [-0.25, -0.2) is 0 Å². The lowest BCUT2D eigenvalue weighted by Gasteiger charge is -2.36. The smallest absolute Gasteiger partial charge is 0.273 e. The molecule has 6 heteroatoms. The number of benzene rings is 1. The minimum Gasteiger partial charge on any atom is -0.342 e. The van der Waals surface area contributed by atoms with Gasteiger partial charge in [0.25, 0.3) is 5.69 Å². The number of likely N-dealkylation sites (tertiary alicyclic amines) is 1. The Hall–Kier alpha value is -1.95. The monoisotopic (exact) mass is 291 g/mol. The molecule has 1 aromatic carbocycles. The maximum atomic E-state index is 12.4. The Morgan fingerprint density at radius 3 is 2.86 bits per heavy atom. The normalized spacial score (nSPS) is 22.1. The van der Waals surface area contributed by atoms with E-state index in [1.807, 2.05) is 0 Å². The maximum Gasteiger partial charge on any atom is 0.273 e. The molecule has 2 unspecified atom stereocenters. The quantitative estimate of drug-likeness (QED) is 0.673. The summed E-state index contributed by atoms with van der Waals surface area (Å²) in [6.07, 6.45) is 1.01. The predicted octanol–water partition coefficient (Wildman–Crippen LogP) is 1.58. The van der Waals surface area contributed by atoms with Crippen molar-refractivity contribution in [3.63, 3.8) is 0 Å². The number of amides is 1. The van der Waals surface area contributed by atoms with Gasteiger partial charge in [0.2, 0.25) is 5.91 Å². The van der Waals surface area contributed by atoms with E-state index in [0.717, 1.165) is 6.42 Å². The van der Waals surface area contributed by atoms with E-state index in [1.54, 1.807) is 23.1 Å². The number of rotatable bonds is 4. The molecule has 1 saturated heterocycles. The van der Waals surface area contributed by atoms with Gasteiger partial charge in [-0.2, -0.15) is 0 Å². The summed E-state index contributed by atoms with van der Waals surface area (Å²) in [7, 11) is 0. The van der Waals surface area contributed by atoms with Crippen LogP contribution in [0.2, 0.25) is 0 Å². The Labute approximate surface area is 124 Å².